The molecule has 0 atom stereocenters. The second kappa shape index (κ2) is 8.80. The number of hydrogen-bond acceptors (Lipinski definition) is 4. The normalized spacial score (nSPS) is 11.0. The minimum Gasteiger partial charge on any atom is -0.382 e. The molecule has 0 heterocycles. The van der Waals surface area contributed by atoms with E-state index in [0.29, 0.717) is 31.7 Å². The molecule has 0 unspecified atom stereocenters. The molecule has 0 aliphatic heterocycles. The maximum Gasteiger partial charge on any atom is 0.241 e. The fraction of sp³-hybridized carbons (Fsp3) is 0.467. The van der Waals surface area contributed by atoms with E-state index in [1.54, 1.807) is 18.2 Å². The third-order valence-electron chi connectivity index (χ3n) is 2.71. The smallest absolute Gasteiger partial charge is 0.241 e. The standard InChI is InChI=1S/C15H22N2O3S/c1-3-20-11-5-10-17-21(18,19)15-8-7-13(2)12-14(15)6-4-9-16/h7-8,12,17H,3,5,9-11,16H2,1-2H3. The molecule has 5 nitrogen and oxygen atoms in total. The van der Waals surface area contributed by atoms with Crippen LogP contribution >= 0.6 is 0 Å². The van der Waals surface area contributed by atoms with E-state index in [9.17, 15) is 8.42 Å². The van der Waals surface area contributed by atoms with Crippen LogP contribution in [0, 0.1) is 18.8 Å². The van der Waals surface area contributed by atoms with E-state index in [0.717, 1.165) is 5.56 Å². The molecule has 0 saturated carbocycles. The summed E-state index contributed by atoms with van der Waals surface area (Å²) in [6.07, 6.45) is 0.628. The summed E-state index contributed by atoms with van der Waals surface area (Å²) >= 11 is 0. The van der Waals surface area contributed by atoms with Crippen molar-refractivity contribution >= 4 is 10.0 Å². The van der Waals surface area contributed by atoms with Gasteiger partial charge in [-0.25, -0.2) is 13.1 Å². The summed E-state index contributed by atoms with van der Waals surface area (Å²) in [4.78, 5) is 0.186. The van der Waals surface area contributed by atoms with Gasteiger partial charge in [0.2, 0.25) is 10.0 Å². The van der Waals surface area contributed by atoms with Crippen LogP contribution in [0.5, 0.6) is 0 Å². The van der Waals surface area contributed by atoms with Crippen LogP contribution in [0.3, 0.4) is 0 Å². The molecular weight excluding hydrogens is 288 g/mol. The van der Waals surface area contributed by atoms with Crippen molar-refractivity contribution in [2.24, 2.45) is 5.73 Å². The third kappa shape index (κ3) is 5.86. The van der Waals surface area contributed by atoms with E-state index in [4.69, 9.17) is 10.5 Å². The van der Waals surface area contributed by atoms with Crippen molar-refractivity contribution < 1.29 is 13.2 Å². The molecule has 0 amide bonds. The average Bonchev–Trinajstić information content (AvgIpc) is 2.44. The lowest BCUT2D eigenvalue weighted by atomic mass is 10.1. The van der Waals surface area contributed by atoms with Gasteiger partial charge in [-0.1, -0.05) is 17.9 Å². The molecule has 0 spiro atoms. The molecule has 0 aliphatic carbocycles. The lowest BCUT2D eigenvalue weighted by Crippen LogP contribution is -2.26. The maximum atomic E-state index is 12.3. The molecule has 0 bridgehead atoms. The van der Waals surface area contributed by atoms with Gasteiger partial charge in [0.15, 0.2) is 0 Å². The average molecular weight is 310 g/mol. The van der Waals surface area contributed by atoms with Gasteiger partial charge in [-0.15, -0.1) is 0 Å². The van der Waals surface area contributed by atoms with E-state index in [2.05, 4.69) is 16.6 Å². The number of benzene rings is 1. The van der Waals surface area contributed by atoms with Crippen LogP contribution < -0.4 is 10.5 Å². The Labute approximate surface area is 126 Å². The third-order valence-corrected chi connectivity index (χ3v) is 4.23. The first-order valence-electron chi connectivity index (χ1n) is 6.88. The quantitative estimate of drug-likeness (QED) is 0.582. The Morgan fingerprint density at radius 1 is 1.38 bits per heavy atom. The van der Waals surface area contributed by atoms with Crippen molar-refractivity contribution in [1.82, 2.24) is 4.72 Å². The first-order chi connectivity index (χ1) is 10.0. The summed E-state index contributed by atoms with van der Waals surface area (Å²) in [5.74, 6) is 5.51. The number of hydrogen-bond donors (Lipinski definition) is 2. The molecule has 116 valence electrons. The highest BCUT2D eigenvalue weighted by Crippen LogP contribution is 2.16. The number of aryl methyl sites for hydroxylation is 1. The Hall–Kier alpha value is -1.39. The predicted molar refractivity (Wildman–Crippen MR) is 83.4 cm³/mol. The van der Waals surface area contributed by atoms with Gasteiger partial charge in [0.1, 0.15) is 0 Å². The van der Waals surface area contributed by atoms with Crippen LogP contribution in [0.1, 0.15) is 24.5 Å². The molecule has 21 heavy (non-hydrogen) atoms. The molecule has 0 fully saturated rings. The van der Waals surface area contributed by atoms with Crippen molar-refractivity contribution in [2.75, 3.05) is 26.3 Å². The Morgan fingerprint density at radius 2 is 2.14 bits per heavy atom. The van der Waals surface area contributed by atoms with Gasteiger partial charge in [-0.3, -0.25) is 0 Å². The highest BCUT2D eigenvalue weighted by molar-refractivity contribution is 7.89. The molecule has 0 aromatic heterocycles. The molecule has 1 aromatic rings. The van der Waals surface area contributed by atoms with Crippen molar-refractivity contribution in [3.63, 3.8) is 0 Å². The lowest BCUT2D eigenvalue weighted by molar-refractivity contribution is 0.146. The predicted octanol–water partition coefficient (Wildman–Crippen LogP) is 1.01. The van der Waals surface area contributed by atoms with Crippen molar-refractivity contribution in [2.45, 2.75) is 25.2 Å². The van der Waals surface area contributed by atoms with E-state index >= 15 is 0 Å². The fourth-order valence-electron chi connectivity index (χ4n) is 1.72. The van der Waals surface area contributed by atoms with Crippen molar-refractivity contribution in [3.05, 3.63) is 29.3 Å². The van der Waals surface area contributed by atoms with Crippen LogP contribution in [0.2, 0.25) is 0 Å². The Balaban J connectivity index is 2.87. The minimum atomic E-state index is -3.57. The molecule has 3 N–H and O–H groups in total. The number of nitrogens with one attached hydrogen (secondary N) is 1. The summed E-state index contributed by atoms with van der Waals surface area (Å²) < 4.78 is 32.4. The molecule has 1 aromatic carbocycles. The maximum absolute atomic E-state index is 12.3. The monoisotopic (exact) mass is 310 g/mol. The molecule has 0 saturated heterocycles. The van der Waals surface area contributed by atoms with Crippen molar-refractivity contribution in [3.8, 4) is 11.8 Å². The van der Waals surface area contributed by atoms with E-state index in [1.807, 2.05) is 13.8 Å². The zero-order chi connectivity index (χ0) is 15.7. The first kappa shape index (κ1) is 17.7. The van der Waals surface area contributed by atoms with Crippen LogP contribution in [-0.2, 0) is 14.8 Å². The number of ether oxygens (including phenoxy) is 1. The van der Waals surface area contributed by atoms with Crippen LogP contribution in [-0.4, -0.2) is 34.7 Å². The molecule has 0 aliphatic rings. The Bertz CT molecular complexity index is 616. The molecule has 1 rings (SSSR count). The van der Waals surface area contributed by atoms with Gasteiger partial charge in [-0.05, 0) is 38.0 Å². The number of nitrogens with two attached hydrogens (primary N) is 1. The Kier molecular flexibility index (Phi) is 7.40. The zero-order valence-electron chi connectivity index (χ0n) is 12.5. The van der Waals surface area contributed by atoms with Crippen LogP contribution in [0.4, 0.5) is 0 Å². The van der Waals surface area contributed by atoms with Crippen molar-refractivity contribution in [1.29, 1.82) is 0 Å². The summed E-state index contributed by atoms with van der Waals surface area (Å²) in [5.41, 5.74) is 6.77. The van der Waals surface area contributed by atoms with E-state index in [1.165, 1.54) is 0 Å². The second-order valence-corrected chi connectivity index (χ2v) is 6.19. The minimum absolute atomic E-state index is 0.186. The first-order valence-corrected chi connectivity index (χ1v) is 8.36. The second-order valence-electron chi connectivity index (χ2n) is 4.45. The molecular formula is C15H22N2O3S. The van der Waals surface area contributed by atoms with Gasteiger partial charge in [0.05, 0.1) is 11.4 Å². The topological polar surface area (TPSA) is 81.4 Å². The van der Waals surface area contributed by atoms with E-state index < -0.39 is 10.0 Å². The lowest BCUT2D eigenvalue weighted by Gasteiger charge is -2.09. The van der Waals surface area contributed by atoms with E-state index in [-0.39, 0.29) is 11.4 Å². The van der Waals surface area contributed by atoms with Gasteiger partial charge >= 0.3 is 0 Å². The van der Waals surface area contributed by atoms with Crippen LogP contribution in [0.15, 0.2) is 23.1 Å². The highest BCUT2D eigenvalue weighted by atomic mass is 32.2. The van der Waals surface area contributed by atoms with Gasteiger partial charge in [0.25, 0.3) is 0 Å². The number of sulfonamides is 1. The van der Waals surface area contributed by atoms with Crippen LogP contribution in [0.25, 0.3) is 0 Å². The summed E-state index contributed by atoms with van der Waals surface area (Å²) in [7, 11) is -3.57. The molecule has 0 radical (unpaired) electrons. The SMILES string of the molecule is CCOCCCNS(=O)(=O)c1ccc(C)cc1C#CCN. The largest absolute Gasteiger partial charge is 0.382 e. The highest BCUT2D eigenvalue weighted by Gasteiger charge is 2.17. The Morgan fingerprint density at radius 3 is 2.81 bits per heavy atom. The van der Waals surface area contributed by atoms with Gasteiger partial charge in [0, 0.05) is 25.3 Å². The molecule has 6 heteroatoms. The zero-order valence-corrected chi connectivity index (χ0v) is 13.3. The van der Waals surface area contributed by atoms with Gasteiger partial charge < -0.3 is 10.5 Å². The fourth-order valence-corrected chi connectivity index (χ4v) is 2.94. The summed E-state index contributed by atoms with van der Waals surface area (Å²) in [5, 5.41) is 0. The van der Waals surface area contributed by atoms with Gasteiger partial charge in [-0.2, -0.15) is 0 Å². The summed E-state index contributed by atoms with van der Waals surface area (Å²) in [6.45, 7) is 5.48. The number of rotatable bonds is 7. The summed E-state index contributed by atoms with van der Waals surface area (Å²) in [6, 6.07) is 5.07.